The molecule has 0 spiro atoms. The van der Waals surface area contributed by atoms with Crippen LogP contribution in [0, 0.1) is 0 Å². The minimum atomic E-state index is 0.326. The zero-order valence-electron chi connectivity index (χ0n) is 12.4. The number of nitrogens with zero attached hydrogens (tertiary/aromatic N) is 2. The van der Waals surface area contributed by atoms with Crippen LogP contribution in [0.15, 0.2) is 55.0 Å². The van der Waals surface area contributed by atoms with E-state index in [0.29, 0.717) is 12.5 Å². The van der Waals surface area contributed by atoms with Crippen LogP contribution in [0.3, 0.4) is 0 Å². The SMILES string of the molecule is CCn1cc(C(CN)Cc2cccnc2)c2ccccc21. The second-order valence-electron chi connectivity index (χ2n) is 5.39. The average molecular weight is 279 g/mol. The molecule has 3 rings (SSSR count). The maximum Gasteiger partial charge on any atom is 0.0483 e. The summed E-state index contributed by atoms with van der Waals surface area (Å²) in [6.45, 7) is 3.80. The molecule has 0 radical (unpaired) electrons. The van der Waals surface area contributed by atoms with Crippen molar-refractivity contribution in [1.29, 1.82) is 0 Å². The molecule has 2 N–H and O–H groups in total. The van der Waals surface area contributed by atoms with Gasteiger partial charge in [-0.25, -0.2) is 0 Å². The van der Waals surface area contributed by atoms with Crippen molar-refractivity contribution in [2.24, 2.45) is 5.73 Å². The van der Waals surface area contributed by atoms with Crippen molar-refractivity contribution in [3.05, 3.63) is 66.1 Å². The van der Waals surface area contributed by atoms with Gasteiger partial charge in [0.2, 0.25) is 0 Å². The summed E-state index contributed by atoms with van der Waals surface area (Å²) in [5.74, 6) is 0.326. The van der Waals surface area contributed by atoms with Crippen molar-refractivity contribution in [3.63, 3.8) is 0 Å². The van der Waals surface area contributed by atoms with Crippen LogP contribution in [0.5, 0.6) is 0 Å². The highest BCUT2D eigenvalue weighted by molar-refractivity contribution is 5.84. The van der Waals surface area contributed by atoms with Gasteiger partial charge in [-0.05, 0) is 43.1 Å². The molecule has 2 aromatic heterocycles. The summed E-state index contributed by atoms with van der Waals surface area (Å²) in [5.41, 5.74) is 9.94. The van der Waals surface area contributed by atoms with Gasteiger partial charge in [-0.1, -0.05) is 24.3 Å². The largest absolute Gasteiger partial charge is 0.347 e. The minimum absolute atomic E-state index is 0.326. The van der Waals surface area contributed by atoms with E-state index in [1.54, 1.807) is 0 Å². The van der Waals surface area contributed by atoms with E-state index in [4.69, 9.17) is 5.73 Å². The third-order valence-corrected chi connectivity index (χ3v) is 4.09. The number of benzene rings is 1. The molecule has 0 amide bonds. The smallest absolute Gasteiger partial charge is 0.0483 e. The highest BCUT2D eigenvalue weighted by Gasteiger charge is 2.16. The van der Waals surface area contributed by atoms with Gasteiger partial charge in [0.15, 0.2) is 0 Å². The van der Waals surface area contributed by atoms with Gasteiger partial charge < -0.3 is 10.3 Å². The molecule has 1 atom stereocenters. The molecule has 0 saturated carbocycles. The maximum atomic E-state index is 6.06. The van der Waals surface area contributed by atoms with Gasteiger partial charge in [0.1, 0.15) is 0 Å². The first-order chi connectivity index (χ1) is 10.3. The summed E-state index contributed by atoms with van der Waals surface area (Å²) >= 11 is 0. The molecule has 108 valence electrons. The van der Waals surface area contributed by atoms with Crippen LogP contribution in [0.25, 0.3) is 10.9 Å². The van der Waals surface area contributed by atoms with E-state index in [9.17, 15) is 0 Å². The molecule has 3 heteroatoms. The van der Waals surface area contributed by atoms with Crippen molar-refractivity contribution in [3.8, 4) is 0 Å². The fourth-order valence-electron chi connectivity index (χ4n) is 2.99. The first kappa shape index (κ1) is 13.8. The van der Waals surface area contributed by atoms with Gasteiger partial charge in [0, 0.05) is 42.0 Å². The zero-order valence-corrected chi connectivity index (χ0v) is 12.4. The molecular formula is C18H21N3. The standard InChI is InChI=1S/C18H21N3/c1-2-21-13-17(16-7-3-4-8-18(16)21)15(11-19)10-14-6-5-9-20-12-14/h3-9,12-13,15H,2,10-11,19H2,1H3. The van der Waals surface area contributed by atoms with E-state index in [-0.39, 0.29) is 0 Å². The van der Waals surface area contributed by atoms with Crippen LogP contribution in [0.1, 0.15) is 24.0 Å². The Labute approximate surface area is 125 Å². The number of aryl methyl sites for hydroxylation is 1. The lowest BCUT2D eigenvalue weighted by Crippen LogP contribution is -2.15. The van der Waals surface area contributed by atoms with Crippen LogP contribution in [0.2, 0.25) is 0 Å². The third kappa shape index (κ3) is 2.69. The molecule has 2 heterocycles. The van der Waals surface area contributed by atoms with E-state index in [0.717, 1.165) is 13.0 Å². The summed E-state index contributed by atoms with van der Waals surface area (Å²) in [4.78, 5) is 4.20. The average Bonchev–Trinajstić information content (AvgIpc) is 2.92. The Bertz CT molecular complexity index is 716. The van der Waals surface area contributed by atoms with Crippen LogP contribution in [-0.4, -0.2) is 16.1 Å². The molecule has 1 unspecified atom stereocenters. The Morgan fingerprint density at radius 3 is 2.76 bits per heavy atom. The molecule has 3 nitrogen and oxygen atoms in total. The fourth-order valence-corrected chi connectivity index (χ4v) is 2.99. The lowest BCUT2D eigenvalue weighted by Gasteiger charge is -2.14. The normalized spacial score (nSPS) is 12.7. The van der Waals surface area contributed by atoms with Gasteiger partial charge in [0.05, 0.1) is 0 Å². The Kier molecular flexibility index (Phi) is 4.02. The van der Waals surface area contributed by atoms with Crippen molar-refractivity contribution >= 4 is 10.9 Å². The van der Waals surface area contributed by atoms with E-state index >= 15 is 0 Å². The Morgan fingerprint density at radius 2 is 2.05 bits per heavy atom. The highest BCUT2D eigenvalue weighted by Crippen LogP contribution is 2.29. The van der Waals surface area contributed by atoms with Crippen molar-refractivity contribution < 1.29 is 0 Å². The predicted molar refractivity (Wildman–Crippen MR) is 87.3 cm³/mol. The van der Waals surface area contributed by atoms with Crippen LogP contribution in [-0.2, 0) is 13.0 Å². The van der Waals surface area contributed by atoms with E-state index in [1.165, 1.54) is 22.0 Å². The van der Waals surface area contributed by atoms with Crippen LogP contribution in [0.4, 0.5) is 0 Å². The molecule has 0 saturated heterocycles. The number of nitrogens with two attached hydrogens (primary N) is 1. The molecule has 0 aliphatic heterocycles. The van der Waals surface area contributed by atoms with Crippen LogP contribution < -0.4 is 5.73 Å². The number of fused-ring (bicyclic) bond motifs is 1. The lowest BCUT2D eigenvalue weighted by atomic mass is 9.92. The number of para-hydroxylation sites is 1. The van der Waals surface area contributed by atoms with Gasteiger partial charge in [-0.2, -0.15) is 0 Å². The van der Waals surface area contributed by atoms with Crippen molar-refractivity contribution in [1.82, 2.24) is 9.55 Å². The summed E-state index contributed by atoms with van der Waals surface area (Å²) in [6, 6.07) is 12.7. The predicted octanol–water partition coefficient (Wildman–Crippen LogP) is 3.34. The second kappa shape index (κ2) is 6.10. The number of rotatable bonds is 5. The Balaban J connectivity index is 2.01. The van der Waals surface area contributed by atoms with Gasteiger partial charge >= 0.3 is 0 Å². The Morgan fingerprint density at radius 1 is 1.19 bits per heavy atom. The molecule has 0 aliphatic rings. The second-order valence-corrected chi connectivity index (χ2v) is 5.39. The summed E-state index contributed by atoms with van der Waals surface area (Å²) in [7, 11) is 0. The molecule has 1 aromatic carbocycles. The van der Waals surface area contributed by atoms with Crippen LogP contribution >= 0.6 is 0 Å². The molecule has 0 aliphatic carbocycles. The quantitative estimate of drug-likeness (QED) is 0.778. The first-order valence-corrected chi connectivity index (χ1v) is 7.50. The summed E-state index contributed by atoms with van der Waals surface area (Å²) in [5, 5.41) is 1.32. The van der Waals surface area contributed by atoms with E-state index in [1.807, 2.05) is 18.5 Å². The molecular weight excluding hydrogens is 258 g/mol. The number of aromatic nitrogens is 2. The fraction of sp³-hybridized carbons (Fsp3) is 0.278. The van der Waals surface area contributed by atoms with Gasteiger partial charge in [0.25, 0.3) is 0 Å². The maximum absolute atomic E-state index is 6.06. The lowest BCUT2D eigenvalue weighted by molar-refractivity contribution is 0.689. The van der Waals surface area contributed by atoms with Crippen molar-refractivity contribution in [2.45, 2.75) is 25.8 Å². The minimum Gasteiger partial charge on any atom is -0.347 e. The molecule has 0 fully saturated rings. The Hall–Kier alpha value is -2.13. The number of pyridine rings is 1. The third-order valence-electron chi connectivity index (χ3n) is 4.09. The van der Waals surface area contributed by atoms with E-state index in [2.05, 4.69) is 53.0 Å². The van der Waals surface area contributed by atoms with Crippen molar-refractivity contribution in [2.75, 3.05) is 6.54 Å². The number of hydrogen-bond donors (Lipinski definition) is 1. The van der Waals surface area contributed by atoms with E-state index < -0.39 is 0 Å². The highest BCUT2D eigenvalue weighted by atomic mass is 14.9. The molecule has 3 aromatic rings. The summed E-state index contributed by atoms with van der Waals surface area (Å²) < 4.78 is 2.30. The van der Waals surface area contributed by atoms with Gasteiger partial charge in [-0.3, -0.25) is 4.98 Å². The molecule has 0 bridgehead atoms. The zero-order chi connectivity index (χ0) is 14.7. The monoisotopic (exact) mass is 279 g/mol. The van der Waals surface area contributed by atoms with Gasteiger partial charge in [-0.15, -0.1) is 0 Å². The first-order valence-electron chi connectivity index (χ1n) is 7.50. The summed E-state index contributed by atoms with van der Waals surface area (Å²) in [6.07, 6.45) is 6.94. The number of hydrogen-bond acceptors (Lipinski definition) is 2. The topological polar surface area (TPSA) is 43.8 Å². The molecule has 21 heavy (non-hydrogen) atoms.